The summed E-state index contributed by atoms with van der Waals surface area (Å²) < 4.78 is 0. The monoisotopic (exact) mass is 201 g/mol. The molecule has 0 unspecified atom stereocenters. The summed E-state index contributed by atoms with van der Waals surface area (Å²) in [6.45, 7) is 0.264. The summed E-state index contributed by atoms with van der Waals surface area (Å²) in [6.07, 6.45) is 0.554. The first-order valence-electron chi connectivity index (χ1n) is 3.88. The molecule has 0 aliphatic heterocycles. The minimum absolute atomic E-state index is 0.166. The summed E-state index contributed by atoms with van der Waals surface area (Å²) in [6, 6.07) is -1.75. The molecule has 8 heteroatoms. The third kappa shape index (κ3) is 5.67. The fraction of sp³-hybridized carbons (Fsp3) is 0.667. The minimum Gasteiger partial charge on any atom is -0.481 e. The summed E-state index contributed by atoms with van der Waals surface area (Å²) in [5.41, 5.74) is 12.8. The van der Waals surface area contributed by atoms with Crippen molar-refractivity contribution in [1.29, 1.82) is 0 Å². The molecule has 0 saturated carbocycles. The van der Waals surface area contributed by atoms with Crippen molar-refractivity contribution in [1.82, 2.24) is 5.32 Å². The fourth-order valence-corrected chi connectivity index (χ4v) is 0.800. The van der Waals surface area contributed by atoms with Crippen molar-refractivity contribution >= 4 is 12.0 Å². The Labute approximate surface area is 79.7 Å². The van der Waals surface area contributed by atoms with E-state index in [4.69, 9.17) is 16.4 Å². The van der Waals surface area contributed by atoms with Crippen molar-refractivity contribution < 1.29 is 14.7 Å². The number of carboxylic acids is 1. The lowest BCUT2D eigenvalue weighted by Gasteiger charge is -2.05. The van der Waals surface area contributed by atoms with Crippen LogP contribution in [0, 0.1) is 0 Å². The molecular formula is C6H11N5O3. The molecule has 0 aromatic heterocycles. The Kier molecular flexibility index (Phi) is 5.64. The number of nitrogens with one attached hydrogen (secondary N) is 1. The number of carbonyl (C=O) groups is 2. The zero-order valence-electron chi connectivity index (χ0n) is 7.38. The number of nitrogens with two attached hydrogens (primary N) is 1. The third-order valence-corrected chi connectivity index (χ3v) is 1.43. The van der Waals surface area contributed by atoms with E-state index in [1.165, 1.54) is 0 Å². The third-order valence-electron chi connectivity index (χ3n) is 1.43. The molecule has 8 nitrogen and oxygen atoms in total. The van der Waals surface area contributed by atoms with Crippen LogP contribution >= 0.6 is 0 Å². The van der Waals surface area contributed by atoms with E-state index in [0.29, 0.717) is 6.42 Å². The molecule has 0 saturated heterocycles. The van der Waals surface area contributed by atoms with Crippen LogP contribution in [0.25, 0.3) is 10.4 Å². The second-order valence-corrected chi connectivity index (χ2v) is 2.49. The van der Waals surface area contributed by atoms with Gasteiger partial charge in [0.25, 0.3) is 0 Å². The predicted octanol–water partition coefficient (Wildman–Crippen LogP) is 0.198. The molecule has 0 aliphatic carbocycles. The lowest BCUT2D eigenvalue weighted by molar-refractivity contribution is -0.138. The number of rotatable bonds is 6. The van der Waals surface area contributed by atoms with Gasteiger partial charge in [0.15, 0.2) is 0 Å². The maximum absolute atomic E-state index is 10.4. The number of hydrogen-bond donors (Lipinski definition) is 3. The summed E-state index contributed by atoms with van der Waals surface area (Å²) in [5, 5.41) is 13.9. The van der Waals surface area contributed by atoms with Gasteiger partial charge in [0.2, 0.25) is 0 Å². The zero-order chi connectivity index (χ0) is 11.0. The van der Waals surface area contributed by atoms with Crippen LogP contribution in [0.4, 0.5) is 4.79 Å². The van der Waals surface area contributed by atoms with E-state index in [1.807, 2.05) is 0 Å². The molecule has 0 rings (SSSR count). The van der Waals surface area contributed by atoms with E-state index in [0.717, 1.165) is 0 Å². The smallest absolute Gasteiger partial charge is 0.312 e. The lowest BCUT2D eigenvalue weighted by Crippen LogP contribution is -2.30. The molecule has 0 radical (unpaired) electrons. The molecule has 14 heavy (non-hydrogen) atoms. The molecule has 0 heterocycles. The lowest BCUT2D eigenvalue weighted by atomic mass is 10.2. The van der Waals surface area contributed by atoms with Crippen molar-refractivity contribution in [3.63, 3.8) is 0 Å². The van der Waals surface area contributed by atoms with Crippen LogP contribution in [-0.2, 0) is 4.79 Å². The predicted molar refractivity (Wildman–Crippen MR) is 47.4 cm³/mol. The number of carbonyl (C=O) groups excluding carboxylic acids is 1. The molecule has 0 aromatic rings. The number of amides is 2. The normalized spacial score (nSPS) is 11.1. The highest BCUT2D eigenvalue weighted by Crippen LogP contribution is 2.01. The molecule has 4 N–H and O–H groups in total. The Bertz CT molecular complexity index is 258. The van der Waals surface area contributed by atoms with Crippen molar-refractivity contribution in [3.8, 4) is 0 Å². The Balaban J connectivity index is 3.78. The first-order valence-corrected chi connectivity index (χ1v) is 3.88. The summed E-state index contributed by atoms with van der Waals surface area (Å²) >= 11 is 0. The highest BCUT2D eigenvalue weighted by atomic mass is 16.4. The van der Waals surface area contributed by atoms with Gasteiger partial charge in [-0.1, -0.05) is 5.11 Å². The van der Waals surface area contributed by atoms with Crippen LogP contribution in [0.5, 0.6) is 0 Å². The molecule has 78 valence electrons. The van der Waals surface area contributed by atoms with Gasteiger partial charge in [-0.15, -0.1) is 0 Å². The first-order chi connectivity index (χ1) is 6.57. The van der Waals surface area contributed by atoms with Crippen molar-refractivity contribution in [3.05, 3.63) is 10.4 Å². The zero-order valence-corrected chi connectivity index (χ0v) is 7.38. The maximum Gasteiger partial charge on any atom is 0.312 e. The van der Waals surface area contributed by atoms with Crippen LogP contribution in [0.1, 0.15) is 12.8 Å². The van der Waals surface area contributed by atoms with Crippen LogP contribution in [-0.4, -0.2) is 29.7 Å². The van der Waals surface area contributed by atoms with E-state index in [9.17, 15) is 9.59 Å². The van der Waals surface area contributed by atoms with E-state index in [-0.39, 0.29) is 13.0 Å². The molecule has 1 atom stereocenters. The van der Waals surface area contributed by atoms with Crippen LogP contribution in [0.3, 0.4) is 0 Å². The van der Waals surface area contributed by atoms with Gasteiger partial charge in [0.05, 0.1) is 0 Å². The number of azide groups is 1. The topological polar surface area (TPSA) is 141 Å². The average molecular weight is 201 g/mol. The largest absolute Gasteiger partial charge is 0.481 e. The van der Waals surface area contributed by atoms with Gasteiger partial charge >= 0.3 is 12.0 Å². The summed E-state index contributed by atoms with van der Waals surface area (Å²) in [4.78, 5) is 23.1. The second-order valence-electron chi connectivity index (χ2n) is 2.49. The number of urea groups is 1. The van der Waals surface area contributed by atoms with E-state index < -0.39 is 18.0 Å². The molecule has 0 fully saturated rings. The van der Waals surface area contributed by atoms with Gasteiger partial charge in [0, 0.05) is 11.5 Å². The quantitative estimate of drug-likeness (QED) is 0.244. The van der Waals surface area contributed by atoms with Gasteiger partial charge < -0.3 is 16.2 Å². The van der Waals surface area contributed by atoms with Gasteiger partial charge in [0.1, 0.15) is 6.04 Å². The standard InChI is InChI=1S/C6H11N5O3/c7-6(14)9-3-1-2-4(5(12)13)10-11-8/h4H,1-3H2,(H,12,13)(H3,7,9,14)/t4-/m0/s1. The number of primary amides is 1. The van der Waals surface area contributed by atoms with Gasteiger partial charge in [-0.05, 0) is 18.4 Å². The highest BCUT2D eigenvalue weighted by molar-refractivity contribution is 5.73. The second kappa shape index (κ2) is 6.55. The van der Waals surface area contributed by atoms with Crippen LogP contribution in [0.15, 0.2) is 5.11 Å². The van der Waals surface area contributed by atoms with E-state index in [2.05, 4.69) is 15.3 Å². The molecular weight excluding hydrogens is 190 g/mol. The Morgan fingerprint density at radius 3 is 2.71 bits per heavy atom. The van der Waals surface area contributed by atoms with Crippen molar-refractivity contribution in [2.24, 2.45) is 10.8 Å². The summed E-state index contributed by atoms with van der Waals surface area (Å²) in [7, 11) is 0. The van der Waals surface area contributed by atoms with Gasteiger partial charge in [-0.2, -0.15) is 0 Å². The van der Waals surface area contributed by atoms with Gasteiger partial charge in [-0.3, -0.25) is 4.79 Å². The molecule has 0 spiro atoms. The summed E-state index contributed by atoms with van der Waals surface area (Å²) in [5.74, 6) is -1.18. The maximum atomic E-state index is 10.4. The molecule has 0 aromatic carbocycles. The Hall–Kier alpha value is -1.95. The average Bonchev–Trinajstić information content (AvgIpc) is 2.09. The highest BCUT2D eigenvalue weighted by Gasteiger charge is 2.14. The Morgan fingerprint density at radius 2 is 2.29 bits per heavy atom. The first kappa shape index (κ1) is 12.0. The SMILES string of the molecule is [N-]=[N+]=N[C@@H](CCCNC(N)=O)C(=O)O. The fourth-order valence-electron chi connectivity index (χ4n) is 0.800. The molecule has 2 amide bonds. The number of hydrogen-bond acceptors (Lipinski definition) is 3. The Morgan fingerprint density at radius 1 is 1.64 bits per heavy atom. The number of aliphatic carboxylic acids is 1. The molecule has 0 aliphatic rings. The van der Waals surface area contributed by atoms with Crippen molar-refractivity contribution in [2.75, 3.05) is 6.54 Å². The van der Waals surface area contributed by atoms with Gasteiger partial charge in [-0.25, -0.2) is 4.79 Å². The minimum atomic E-state index is -1.18. The number of nitrogens with zero attached hydrogens (tertiary/aromatic N) is 3. The van der Waals surface area contributed by atoms with E-state index in [1.54, 1.807) is 0 Å². The van der Waals surface area contributed by atoms with Crippen molar-refractivity contribution in [2.45, 2.75) is 18.9 Å². The van der Waals surface area contributed by atoms with Crippen LogP contribution in [0.2, 0.25) is 0 Å². The van der Waals surface area contributed by atoms with Crippen LogP contribution < -0.4 is 11.1 Å². The van der Waals surface area contributed by atoms with E-state index >= 15 is 0 Å². The number of carboxylic acid groups (broad SMARTS) is 1. The molecule has 0 bridgehead atoms.